The molecule has 6 heteroatoms. The zero-order valence-corrected chi connectivity index (χ0v) is 44.9. The third-order valence-electron chi connectivity index (χ3n) is 13.1. The highest BCUT2D eigenvalue weighted by atomic mass is 16.6. The maximum atomic E-state index is 12.8. The van der Waals surface area contributed by atoms with Crippen LogP contribution >= 0.6 is 0 Å². The fraction of sp³-hybridized carbons (Fsp3) is 0.852. The van der Waals surface area contributed by atoms with Crippen LogP contribution in [0.2, 0.25) is 0 Å². The number of carbonyl (C=O) groups excluding carboxylic acids is 3. The Bertz CT molecular complexity index is 1130. The Hall–Kier alpha value is -2.37. The van der Waals surface area contributed by atoms with Crippen molar-refractivity contribution in [1.29, 1.82) is 0 Å². The molecule has 0 saturated heterocycles. The zero-order valence-electron chi connectivity index (χ0n) is 44.9. The summed E-state index contributed by atoms with van der Waals surface area (Å²) in [5.41, 5.74) is 0. The quantitative estimate of drug-likeness (QED) is 0.0262. The predicted molar refractivity (Wildman–Crippen MR) is 289 cm³/mol. The molecule has 0 aromatic rings. The first-order valence-electron chi connectivity index (χ1n) is 29.5. The number of ether oxygens (including phenoxy) is 3. The fourth-order valence-electron chi connectivity index (χ4n) is 8.69. The van der Waals surface area contributed by atoms with Gasteiger partial charge >= 0.3 is 17.9 Å². The molecule has 6 nitrogen and oxygen atoms in total. The van der Waals surface area contributed by atoms with Gasteiger partial charge in [0.15, 0.2) is 6.10 Å². The highest BCUT2D eigenvalue weighted by Crippen LogP contribution is 2.17. The SMILES string of the molecule is CCCCC/C=C\C/C=C\C/C=C\CCCCCCCCC(=O)OC(COC(=O)CCCCCCCC)COC(=O)CCCCCCCCCCCCCCCCCCCCCCCCCC. The van der Waals surface area contributed by atoms with Crippen molar-refractivity contribution in [3.8, 4) is 0 Å². The van der Waals surface area contributed by atoms with E-state index in [1.165, 1.54) is 199 Å². The first-order chi connectivity index (χ1) is 33.0. The Morgan fingerprint density at radius 3 is 0.866 bits per heavy atom. The third kappa shape index (κ3) is 54.4. The van der Waals surface area contributed by atoms with Gasteiger partial charge in [-0.1, -0.05) is 276 Å². The van der Waals surface area contributed by atoms with E-state index < -0.39 is 6.10 Å². The molecule has 0 saturated carbocycles. The van der Waals surface area contributed by atoms with E-state index in [2.05, 4.69) is 57.2 Å². The van der Waals surface area contributed by atoms with E-state index in [1.54, 1.807) is 0 Å². The largest absolute Gasteiger partial charge is 0.462 e. The standard InChI is InChI=1S/C61H112O6/c1-4-7-10-13-16-18-20-22-24-26-28-29-30-31-32-34-35-37-39-41-43-45-48-51-54-60(63)66-57-58(56-65-59(62)53-50-47-15-12-9-6-3)67-61(64)55-52-49-46-44-42-40-38-36-33-27-25-23-21-19-17-14-11-8-5-2/h17,19,23,25,33,36,58H,4-16,18,20-22,24,26-32,34-35,37-57H2,1-3H3/b19-17-,25-23-,36-33-. The highest BCUT2D eigenvalue weighted by molar-refractivity contribution is 5.71. The van der Waals surface area contributed by atoms with Gasteiger partial charge in [0.1, 0.15) is 13.2 Å². The van der Waals surface area contributed by atoms with Gasteiger partial charge in [-0.05, 0) is 57.8 Å². The summed E-state index contributed by atoms with van der Waals surface area (Å²) >= 11 is 0. The molecule has 0 N–H and O–H groups in total. The van der Waals surface area contributed by atoms with Crippen LogP contribution in [0.4, 0.5) is 0 Å². The molecule has 1 atom stereocenters. The van der Waals surface area contributed by atoms with Crippen molar-refractivity contribution in [2.75, 3.05) is 13.2 Å². The first kappa shape index (κ1) is 64.6. The zero-order chi connectivity index (χ0) is 48.6. The summed E-state index contributed by atoms with van der Waals surface area (Å²) in [7, 11) is 0. The van der Waals surface area contributed by atoms with Gasteiger partial charge in [-0.25, -0.2) is 0 Å². The van der Waals surface area contributed by atoms with Crippen molar-refractivity contribution in [3.05, 3.63) is 36.5 Å². The van der Waals surface area contributed by atoms with Crippen LogP contribution in [0.5, 0.6) is 0 Å². The van der Waals surface area contributed by atoms with Crippen molar-refractivity contribution in [2.45, 2.75) is 322 Å². The Balaban J connectivity index is 4.10. The van der Waals surface area contributed by atoms with Gasteiger partial charge in [0.25, 0.3) is 0 Å². The Labute approximate surface area is 416 Å². The lowest BCUT2D eigenvalue weighted by molar-refractivity contribution is -0.167. The first-order valence-corrected chi connectivity index (χ1v) is 29.5. The lowest BCUT2D eigenvalue weighted by atomic mass is 10.0. The normalized spacial score (nSPS) is 12.2. The molecule has 0 fully saturated rings. The average Bonchev–Trinajstić information content (AvgIpc) is 3.33. The maximum Gasteiger partial charge on any atom is 0.306 e. The number of allylic oxidation sites excluding steroid dienone is 6. The predicted octanol–water partition coefficient (Wildman–Crippen LogP) is 19.7. The van der Waals surface area contributed by atoms with Gasteiger partial charge in [0, 0.05) is 19.3 Å². The van der Waals surface area contributed by atoms with E-state index in [4.69, 9.17) is 14.2 Å². The minimum absolute atomic E-state index is 0.0739. The molecule has 0 spiro atoms. The van der Waals surface area contributed by atoms with Gasteiger partial charge in [-0.2, -0.15) is 0 Å². The summed E-state index contributed by atoms with van der Waals surface area (Å²) in [5.74, 6) is -0.880. The minimum atomic E-state index is -0.773. The molecule has 1 unspecified atom stereocenters. The number of unbranched alkanes of at least 4 members (excludes halogenated alkanes) is 37. The Kier molecular flexibility index (Phi) is 54.2. The summed E-state index contributed by atoms with van der Waals surface area (Å²) in [5, 5.41) is 0. The second-order valence-corrected chi connectivity index (χ2v) is 19.9. The van der Waals surface area contributed by atoms with Gasteiger partial charge < -0.3 is 14.2 Å². The monoisotopic (exact) mass is 941 g/mol. The van der Waals surface area contributed by atoms with Crippen LogP contribution in [0, 0.1) is 0 Å². The molecular formula is C61H112O6. The third-order valence-corrected chi connectivity index (χ3v) is 13.1. The second-order valence-electron chi connectivity index (χ2n) is 19.9. The molecule has 392 valence electrons. The smallest absolute Gasteiger partial charge is 0.306 e. The minimum Gasteiger partial charge on any atom is -0.462 e. The molecule has 0 aliphatic heterocycles. The van der Waals surface area contributed by atoms with Crippen LogP contribution in [-0.2, 0) is 28.6 Å². The molecule has 0 aromatic carbocycles. The second kappa shape index (κ2) is 56.2. The van der Waals surface area contributed by atoms with Crippen molar-refractivity contribution < 1.29 is 28.6 Å². The molecule has 0 aliphatic rings. The average molecular weight is 942 g/mol. The van der Waals surface area contributed by atoms with E-state index in [1.807, 2.05) is 0 Å². The van der Waals surface area contributed by atoms with Crippen LogP contribution in [0.3, 0.4) is 0 Å². The van der Waals surface area contributed by atoms with Crippen LogP contribution in [0.15, 0.2) is 36.5 Å². The molecule has 0 radical (unpaired) electrons. The molecule has 0 heterocycles. The number of rotatable bonds is 54. The summed E-state index contributed by atoms with van der Waals surface area (Å²) in [4.78, 5) is 37.9. The number of carbonyl (C=O) groups is 3. The Morgan fingerprint density at radius 2 is 0.537 bits per heavy atom. The van der Waals surface area contributed by atoms with Crippen LogP contribution in [0.1, 0.15) is 316 Å². The van der Waals surface area contributed by atoms with E-state index in [0.29, 0.717) is 19.3 Å². The van der Waals surface area contributed by atoms with Crippen molar-refractivity contribution in [2.24, 2.45) is 0 Å². The van der Waals surface area contributed by atoms with Crippen LogP contribution in [0.25, 0.3) is 0 Å². The molecular weight excluding hydrogens is 829 g/mol. The fourth-order valence-corrected chi connectivity index (χ4v) is 8.69. The lowest BCUT2D eigenvalue weighted by Crippen LogP contribution is -2.30. The van der Waals surface area contributed by atoms with Crippen LogP contribution in [-0.4, -0.2) is 37.2 Å². The highest BCUT2D eigenvalue weighted by Gasteiger charge is 2.19. The molecule has 0 amide bonds. The van der Waals surface area contributed by atoms with E-state index in [9.17, 15) is 14.4 Å². The van der Waals surface area contributed by atoms with Gasteiger partial charge in [0.2, 0.25) is 0 Å². The summed E-state index contributed by atoms with van der Waals surface area (Å²) < 4.78 is 16.8. The summed E-state index contributed by atoms with van der Waals surface area (Å²) in [6, 6.07) is 0. The van der Waals surface area contributed by atoms with E-state index in [-0.39, 0.29) is 31.1 Å². The lowest BCUT2D eigenvalue weighted by Gasteiger charge is -2.18. The van der Waals surface area contributed by atoms with E-state index >= 15 is 0 Å². The topological polar surface area (TPSA) is 78.9 Å². The molecule has 0 rings (SSSR count). The van der Waals surface area contributed by atoms with Crippen molar-refractivity contribution in [1.82, 2.24) is 0 Å². The molecule has 0 aromatic heterocycles. The summed E-state index contributed by atoms with van der Waals surface area (Å²) in [6.07, 6.45) is 67.5. The molecule has 0 bridgehead atoms. The maximum absolute atomic E-state index is 12.8. The van der Waals surface area contributed by atoms with E-state index in [0.717, 1.165) is 77.0 Å². The van der Waals surface area contributed by atoms with Gasteiger partial charge in [-0.3, -0.25) is 14.4 Å². The molecule has 67 heavy (non-hydrogen) atoms. The van der Waals surface area contributed by atoms with Crippen molar-refractivity contribution >= 4 is 17.9 Å². The number of hydrogen-bond donors (Lipinski definition) is 0. The number of esters is 3. The molecule has 0 aliphatic carbocycles. The Morgan fingerprint density at radius 1 is 0.299 bits per heavy atom. The van der Waals surface area contributed by atoms with Gasteiger partial charge in [0.05, 0.1) is 0 Å². The summed E-state index contributed by atoms with van der Waals surface area (Å²) in [6.45, 7) is 6.58. The van der Waals surface area contributed by atoms with Crippen molar-refractivity contribution in [3.63, 3.8) is 0 Å². The van der Waals surface area contributed by atoms with Crippen LogP contribution < -0.4 is 0 Å². The van der Waals surface area contributed by atoms with Gasteiger partial charge in [-0.15, -0.1) is 0 Å². The number of hydrogen-bond acceptors (Lipinski definition) is 6.